The van der Waals surface area contributed by atoms with E-state index in [0.717, 1.165) is 5.56 Å². The summed E-state index contributed by atoms with van der Waals surface area (Å²) < 4.78 is 53.9. The molecule has 0 aliphatic carbocycles. The van der Waals surface area contributed by atoms with Crippen molar-refractivity contribution in [3.05, 3.63) is 65.7 Å². The van der Waals surface area contributed by atoms with E-state index in [-0.39, 0.29) is 23.8 Å². The number of aliphatic imine (C=N–C) groups is 1. The largest absolute Gasteiger partial charge is 0.434 e. The van der Waals surface area contributed by atoms with E-state index in [1.807, 2.05) is 18.2 Å². The van der Waals surface area contributed by atoms with E-state index in [0.29, 0.717) is 24.5 Å². The molecule has 6 nitrogen and oxygen atoms in total. The van der Waals surface area contributed by atoms with Crippen LogP contribution in [0.1, 0.15) is 17.5 Å². The standard InChI is InChI=1S/C20H25F2N3O3S/c1-23-20(25-14-17-10-5-6-11-18(17)28-19(21)22)24-12-7-13-29(26,27)15-16-8-3-2-4-9-16/h2-6,8-11,19H,7,12-15H2,1H3,(H2,23,24,25). The Morgan fingerprint density at radius 2 is 1.76 bits per heavy atom. The molecule has 0 aliphatic rings. The van der Waals surface area contributed by atoms with Crippen LogP contribution in [0.2, 0.25) is 0 Å². The van der Waals surface area contributed by atoms with Crippen LogP contribution in [-0.4, -0.2) is 40.3 Å². The smallest absolute Gasteiger partial charge is 0.387 e. The van der Waals surface area contributed by atoms with Gasteiger partial charge in [-0.1, -0.05) is 48.5 Å². The van der Waals surface area contributed by atoms with E-state index < -0.39 is 16.4 Å². The highest BCUT2D eigenvalue weighted by molar-refractivity contribution is 7.90. The summed E-state index contributed by atoms with van der Waals surface area (Å²) in [6.07, 6.45) is 0.418. The summed E-state index contributed by atoms with van der Waals surface area (Å²) in [6.45, 7) is -2.26. The summed E-state index contributed by atoms with van der Waals surface area (Å²) in [4.78, 5) is 4.05. The predicted octanol–water partition coefficient (Wildman–Crippen LogP) is 2.96. The number of benzene rings is 2. The average molecular weight is 426 g/mol. The van der Waals surface area contributed by atoms with Crippen LogP contribution in [0.3, 0.4) is 0 Å². The Kier molecular flexibility index (Phi) is 8.85. The Morgan fingerprint density at radius 1 is 1.07 bits per heavy atom. The second-order valence-corrected chi connectivity index (χ2v) is 8.45. The summed E-state index contributed by atoms with van der Waals surface area (Å²) in [6, 6.07) is 15.5. The van der Waals surface area contributed by atoms with Crippen molar-refractivity contribution >= 4 is 15.8 Å². The van der Waals surface area contributed by atoms with Crippen LogP contribution in [0.15, 0.2) is 59.6 Å². The number of nitrogens with zero attached hydrogens (tertiary/aromatic N) is 1. The molecule has 0 spiro atoms. The molecule has 2 aromatic rings. The molecule has 0 aromatic heterocycles. The summed E-state index contributed by atoms with van der Waals surface area (Å²) in [7, 11) is -1.63. The first-order valence-electron chi connectivity index (χ1n) is 9.11. The lowest BCUT2D eigenvalue weighted by molar-refractivity contribution is -0.0504. The van der Waals surface area contributed by atoms with Gasteiger partial charge in [0, 0.05) is 25.7 Å². The summed E-state index contributed by atoms with van der Waals surface area (Å²) in [5.41, 5.74) is 1.32. The minimum absolute atomic E-state index is 0.0156. The SMILES string of the molecule is CN=C(NCCCS(=O)(=O)Cc1ccccc1)NCc1ccccc1OC(F)F. The molecule has 0 atom stereocenters. The molecule has 158 valence electrons. The molecule has 0 bridgehead atoms. The summed E-state index contributed by atoms with van der Waals surface area (Å²) in [5.74, 6) is 0.605. The number of guanidine groups is 1. The fourth-order valence-electron chi connectivity index (χ4n) is 2.66. The van der Waals surface area contributed by atoms with Gasteiger partial charge in [0.05, 0.1) is 11.5 Å². The maximum atomic E-state index is 12.5. The molecule has 0 fully saturated rings. The zero-order chi connectivity index (χ0) is 21.1. The normalized spacial score (nSPS) is 12.1. The van der Waals surface area contributed by atoms with Crippen LogP contribution < -0.4 is 15.4 Å². The van der Waals surface area contributed by atoms with Crippen LogP contribution in [0.5, 0.6) is 5.75 Å². The molecule has 0 amide bonds. The van der Waals surface area contributed by atoms with Crippen molar-refractivity contribution in [3.8, 4) is 5.75 Å². The van der Waals surface area contributed by atoms with Gasteiger partial charge >= 0.3 is 6.61 Å². The van der Waals surface area contributed by atoms with Crippen molar-refractivity contribution in [1.29, 1.82) is 0 Å². The van der Waals surface area contributed by atoms with Gasteiger partial charge in [0.2, 0.25) is 0 Å². The quantitative estimate of drug-likeness (QED) is 0.348. The summed E-state index contributed by atoms with van der Waals surface area (Å²) in [5, 5.41) is 6.02. The zero-order valence-electron chi connectivity index (χ0n) is 16.1. The third kappa shape index (κ3) is 8.47. The second kappa shape index (κ2) is 11.4. The monoisotopic (exact) mass is 425 g/mol. The van der Waals surface area contributed by atoms with Crippen LogP contribution in [0.4, 0.5) is 8.78 Å². The van der Waals surface area contributed by atoms with Crippen molar-refractivity contribution < 1.29 is 21.9 Å². The molecule has 0 saturated carbocycles. The van der Waals surface area contributed by atoms with Gasteiger partial charge in [0.25, 0.3) is 0 Å². The number of rotatable bonds is 10. The number of para-hydroxylation sites is 1. The van der Waals surface area contributed by atoms with Gasteiger partial charge in [-0.05, 0) is 18.1 Å². The third-order valence-electron chi connectivity index (χ3n) is 4.01. The van der Waals surface area contributed by atoms with Crippen molar-refractivity contribution in [2.75, 3.05) is 19.3 Å². The molecule has 29 heavy (non-hydrogen) atoms. The molecule has 9 heteroatoms. The Hall–Kier alpha value is -2.68. The number of nitrogens with one attached hydrogen (secondary N) is 2. The molecule has 0 saturated heterocycles. The molecule has 2 rings (SSSR count). The lowest BCUT2D eigenvalue weighted by Gasteiger charge is -2.14. The van der Waals surface area contributed by atoms with Crippen LogP contribution >= 0.6 is 0 Å². The van der Waals surface area contributed by atoms with Gasteiger partial charge in [-0.3, -0.25) is 4.99 Å². The number of halogens is 2. The van der Waals surface area contributed by atoms with Crippen molar-refractivity contribution in [3.63, 3.8) is 0 Å². The lowest BCUT2D eigenvalue weighted by Crippen LogP contribution is -2.37. The minimum Gasteiger partial charge on any atom is -0.434 e. The van der Waals surface area contributed by atoms with Crippen molar-refractivity contribution in [1.82, 2.24) is 10.6 Å². The van der Waals surface area contributed by atoms with E-state index in [1.54, 1.807) is 37.4 Å². The number of ether oxygens (including phenoxy) is 1. The first-order valence-corrected chi connectivity index (χ1v) is 10.9. The van der Waals surface area contributed by atoms with Gasteiger partial charge in [-0.25, -0.2) is 8.42 Å². The van der Waals surface area contributed by atoms with Crippen molar-refractivity contribution in [2.24, 2.45) is 4.99 Å². The molecule has 2 aromatic carbocycles. The highest BCUT2D eigenvalue weighted by atomic mass is 32.2. The first-order chi connectivity index (χ1) is 13.9. The zero-order valence-corrected chi connectivity index (χ0v) is 17.0. The lowest BCUT2D eigenvalue weighted by atomic mass is 10.2. The maximum Gasteiger partial charge on any atom is 0.387 e. The van der Waals surface area contributed by atoms with Gasteiger partial charge in [0.1, 0.15) is 5.75 Å². The van der Waals surface area contributed by atoms with Crippen LogP contribution in [-0.2, 0) is 22.1 Å². The Bertz CT molecular complexity index is 891. The average Bonchev–Trinajstić information content (AvgIpc) is 2.68. The van der Waals surface area contributed by atoms with Crippen molar-refractivity contribution in [2.45, 2.75) is 25.3 Å². The van der Waals surface area contributed by atoms with Gasteiger partial charge in [-0.2, -0.15) is 8.78 Å². The maximum absolute atomic E-state index is 12.5. The summed E-state index contributed by atoms with van der Waals surface area (Å²) >= 11 is 0. The van der Waals surface area contributed by atoms with E-state index in [1.165, 1.54) is 6.07 Å². The number of hydrogen-bond acceptors (Lipinski definition) is 4. The predicted molar refractivity (Wildman–Crippen MR) is 110 cm³/mol. The molecule has 2 N–H and O–H groups in total. The van der Waals surface area contributed by atoms with E-state index in [4.69, 9.17) is 0 Å². The third-order valence-corrected chi connectivity index (χ3v) is 5.70. The van der Waals surface area contributed by atoms with Crippen LogP contribution in [0, 0.1) is 0 Å². The number of hydrogen-bond donors (Lipinski definition) is 2. The van der Waals surface area contributed by atoms with Gasteiger partial charge < -0.3 is 15.4 Å². The van der Waals surface area contributed by atoms with E-state index in [9.17, 15) is 17.2 Å². The van der Waals surface area contributed by atoms with Gasteiger partial charge in [-0.15, -0.1) is 0 Å². The highest BCUT2D eigenvalue weighted by Gasteiger charge is 2.12. The number of sulfone groups is 1. The van der Waals surface area contributed by atoms with Crippen LogP contribution in [0.25, 0.3) is 0 Å². The van der Waals surface area contributed by atoms with Gasteiger partial charge in [0.15, 0.2) is 15.8 Å². The first kappa shape index (κ1) is 22.6. The minimum atomic E-state index is -3.20. The molecule has 0 aliphatic heterocycles. The number of alkyl halides is 2. The molecular weight excluding hydrogens is 400 g/mol. The Labute approximate surface area is 169 Å². The van der Waals surface area contributed by atoms with E-state index >= 15 is 0 Å². The molecule has 0 heterocycles. The fraction of sp³-hybridized carbons (Fsp3) is 0.350. The molecular formula is C20H25F2N3O3S. The fourth-order valence-corrected chi connectivity index (χ4v) is 4.09. The molecule has 0 unspecified atom stereocenters. The Balaban J connectivity index is 1.77. The van der Waals surface area contributed by atoms with E-state index in [2.05, 4.69) is 20.4 Å². The highest BCUT2D eigenvalue weighted by Crippen LogP contribution is 2.19. The topological polar surface area (TPSA) is 79.8 Å². The Morgan fingerprint density at radius 3 is 2.45 bits per heavy atom. The molecule has 0 radical (unpaired) electrons. The second-order valence-electron chi connectivity index (χ2n) is 6.27.